The molecule has 5 N–H and O–H groups in total. The number of aliphatic hydroxyl groups excluding tert-OH is 1. The largest absolute Gasteiger partial charge is 0.465 e. The lowest BCUT2D eigenvalue weighted by Gasteiger charge is -2.36. The highest BCUT2D eigenvalue weighted by Crippen LogP contribution is 2.47. The van der Waals surface area contributed by atoms with E-state index in [1.165, 1.54) is 11.9 Å². The van der Waals surface area contributed by atoms with Crippen molar-refractivity contribution in [2.24, 2.45) is 10.8 Å². The van der Waals surface area contributed by atoms with E-state index in [9.17, 15) is 38.2 Å². The quantitative estimate of drug-likeness (QED) is 0.308. The van der Waals surface area contributed by atoms with E-state index in [2.05, 4.69) is 16.0 Å². The molecule has 2 rings (SSSR count). The number of rotatable bonds is 9. The van der Waals surface area contributed by atoms with Crippen LogP contribution in [0.2, 0.25) is 0 Å². The number of carbonyl (C=O) groups excluding carboxylic acids is 3. The molecule has 10 nitrogen and oxygen atoms in total. The van der Waals surface area contributed by atoms with Crippen molar-refractivity contribution in [1.29, 1.82) is 0 Å². The summed E-state index contributed by atoms with van der Waals surface area (Å²) in [6.45, 7) is 6.13. The molecule has 0 aromatic heterocycles. The lowest BCUT2D eigenvalue weighted by Crippen LogP contribution is -2.59. The van der Waals surface area contributed by atoms with Crippen LogP contribution in [0.25, 0.3) is 0 Å². The molecular formula is C25H42F2N4O6. The fourth-order valence-corrected chi connectivity index (χ4v) is 5.45. The van der Waals surface area contributed by atoms with Gasteiger partial charge in [0.25, 0.3) is 5.91 Å². The van der Waals surface area contributed by atoms with Crippen molar-refractivity contribution in [3.8, 4) is 0 Å². The Labute approximate surface area is 216 Å². The first-order chi connectivity index (χ1) is 17.0. The summed E-state index contributed by atoms with van der Waals surface area (Å²) in [7, 11) is 1.28. The molecule has 4 atom stereocenters. The van der Waals surface area contributed by atoms with Gasteiger partial charge in [-0.3, -0.25) is 14.4 Å². The number of alkyl halides is 2. The van der Waals surface area contributed by atoms with Gasteiger partial charge < -0.3 is 31.1 Å². The number of nitrogens with one attached hydrogen (secondary N) is 3. The smallest absolute Gasteiger partial charge is 0.405 e. The first-order valence-electron chi connectivity index (χ1n) is 12.9. The van der Waals surface area contributed by atoms with Crippen molar-refractivity contribution < 1.29 is 38.2 Å². The van der Waals surface area contributed by atoms with Crippen LogP contribution in [-0.2, 0) is 14.4 Å². The molecule has 4 amide bonds. The van der Waals surface area contributed by atoms with Gasteiger partial charge in [-0.1, -0.05) is 40.0 Å². The number of likely N-dealkylation sites (N-methyl/N-ethyl adjacent to an activating group) is 1. The van der Waals surface area contributed by atoms with Crippen LogP contribution in [0, 0.1) is 10.8 Å². The molecule has 37 heavy (non-hydrogen) atoms. The van der Waals surface area contributed by atoms with E-state index in [0.29, 0.717) is 13.3 Å². The Kier molecular flexibility index (Phi) is 9.89. The molecule has 1 aliphatic carbocycles. The van der Waals surface area contributed by atoms with Crippen LogP contribution in [-0.4, -0.2) is 82.7 Å². The summed E-state index contributed by atoms with van der Waals surface area (Å²) in [5.74, 6) is -5.10. The Balaban J connectivity index is 2.37. The molecule has 0 radical (unpaired) electrons. The van der Waals surface area contributed by atoms with Crippen LogP contribution in [0.3, 0.4) is 0 Å². The van der Waals surface area contributed by atoms with Gasteiger partial charge in [0.15, 0.2) is 6.10 Å². The van der Waals surface area contributed by atoms with Gasteiger partial charge in [0.1, 0.15) is 12.1 Å². The lowest BCUT2D eigenvalue weighted by molar-refractivity contribution is -0.143. The van der Waals surface area contributed by atoms with E-state index in [4.69, 9.17) is 0 Å². The summed E-state index contributed by atoms with van der Waals surface area (Å²) >= 11 is 0. The molecule has 2 fully saturated rings. The topological polar surface area (TPSA) is 148 Å². The third-order valence-corrected chi connectivity index (χ3v) is 7.51. The van der Waals surface area contributed by atoms with Crippen molar-refractivity contribution in [3.05, 3.63) is 0 Å². The second-order valence-corrected chi connectivity index (χ2v) is 11.8. The van der Waals surface area contributed by atoms with Crippen LogP contribution in [0.1, 0.15) is 79.1 Å². The molecule has 1 saturated carbocycles. The van der Waals surface area contributed by atoms with E-state index < -0.39 is 65.8 Å². The summed E-state index contributed by atoms with van der Waals surface area (Å²) in [5, 5.41) is 26.9. The molecule has 1 heterocycles. The molecule has 1 spiro atoms. The number of nitrogens with zero attached hydrogens (tertiary/aromatic N) is 1. The molecule has 1 saturated heterocycles. The van der Waals surface area contributed by atoms with Gasteiger partial charge in [0.2, 0.25) is 17.7 Å². The molecular weight excluding hydrogens is 490 g/mol. The maximum absolute atomic E-state index is 13.7. The maximum atomic E-state index is 13.7. The molecule has 1 aliphatic heterocycles. The number of likely N-dealkylation sites (tertiary alicyclic amines) is 1. The number of halogens is 2. The van der Waals surface area contributed by atoms with E-state index in [1.807, 2.05) is 0 Å². The van der Waals surface area contributed by atoms with Crippen molar-refractivity contribution in [3.63, 3.8) is 0 Å². The summed E-state index contributed by atoms with van der Waals surface area (Å²) in [4.78, 5) is 52.2. The highest BCUT2D eigenvalue weighted by Gasteiger charge is 2.51. The van der Waals surface area contributed by atoms with Gasteiger partial charge in [-0.2, -0.15) is 0 Å². The molecule has 212 valence electrons. The zero-order valence-corrected chi connectivity index (χ0v) is 22.4. The minimum absolute atomic E-state index is 0.271. The molecule has 3 unspecified atom stereocenters. The average molecular weight is 533 g/mol. The van der Waals surface area contributed by atoms with Crippen LogP contribution in [0.5, 0.6) is 0 Å². The number of hydrogen-bond acceptors (Lipinski definition) is 5. The van der Waals surface area contributed by atoms with Crippen LogP contribution >= 0.6 is 0 Å². The number of carboxylic acid groups (broad SMARTS) is 1. The summed E-state index contributed by atoms with van der Waals surface area (Å²) < 4.78 is 27.2. The Morgan fingerprint density at radius 2 is 1.65 bits per heavy atom. The summed E-state index contributed by atoms with van der Waals surface area (Å²) in [6, 6.07) is -3.41. The fourth-order valence-electron chi connectivity index (χ4n) is 5.45. The third kappa shape index (κ3) is 8.24. The van der Waals surface area contributed by atoms with Gasteiger partial charge in [-0.25, -0.2) is 13.6 Å². The van der Waals surface area contributed by atoms with E-state index >= 15 is 0 Å². The fraction of sp³-hybridized carbons (Fsp3) is 0.840. The SMILES string of the molecule is CNC(=O)C(O)C(CCC(C)(F)F)NC(=O)[C@@H]1CC2(CCCCC2)CN1C(=O)C(NC(=O)O)C(C)(C)C. The van der Waals surface area contributed by atoms with Gasteiger partial charge in [0.05, 0.1) is 6.04 Å². The Bertz CT molecular complexity index is 851. The highest BCUT2D eigenvalue weighted by molar-refractivity contribution is 5.93. The zero-order chi connectivity index (χ0) is 28.2. The molecule has 12 heteroatoms. The van der Waals surface area contributed by atoms with Gasteiger partial charge in [-0.15, -0.1) is 0 Å². The van der Waals surface area contributed by atoms with E-state index in [0.717, 1.165) is 32.1 Å². The predicted octanol–water partition coefficient (Wildman–Crippen LogP) is 2.25. The number of amides is 4. The first kappa shape index (κ1) is 30.7. The van der Waals surface area contributed by atoms with Gasteiger partial charge >= 0.3 is 6.09 Å². The van der Waals surface area contributed by atoms with Crippen molar-refractivity contribution >= 4 is 23.8 Å². The number of carbonyl (C=O) groups is 4. The lowest BCUT2D eigenvalue weighted by atomic mass is 9.72. The van der Waals surface area contributed by atoms with Gasteiger partial charge in [-0.05, 0) is 43.4 Å². The van der Waals surface area contributed by atoms with Crippen LogP contribution < -0.4 is 16.0 Å². The zero-order valence-electron chi connectivity index (χ0n) is 22.4. The Hall–Kier alpha value is -2.50. The summed E-state index contributed by atoms with van der Waals surface area (Å²) in [6.07, 6.45) is 0.713. The third-order valence-electron chi connectivity index (χ3n) is 7.51. The average Bonchev–Trinajstić information content (AvgIpc) is 3.16. The minimum atomic E-state index is -3.07. The molecule has 0 bridgehead atoms. The van der Waals surface area contributed by atoms with E-state index in [-0.39, 0.29) is 18.4 Å². The van der Waals surface area contributed by atoms with Crippen molar-refractivity contribution in [1.82, 2.24) is 20.9 Å². The number of aliphatic hydroxyl groups is 1. The minimum Gasteiger partial charge on any atom is -0.465 e. The second kappa shape index (κ2) is 11.9. The number of hydrogen-bond donors (Lipinski definition) is 5. The van der Waals surface area contributed by atoms with Crippen LogP contribution in [0.15, 0.2) is 0 Å². The maximum Gasteiger partial charge on any atom is 0.405 e. The normalized spacial score (nSPS) is 22.2. The Morgan fingerprint density at radius 3 is 2.14 bits per heavy atom. The summed E-state index contributed by atoms with van der Waals surface area (Å²) in [5.41, 5.74) is -1.10. The predicted molar refractivity (Wildman–Crippen MR) is 132 cm³/mol. The van der Waals surface area contributed by atoms with Gasteiger partial charge in [0, 0.05) is 20.0 Å². The molecule has 2 aliphatic rings. The van der Waals surface area contributed by atoms with Crippen LogP contribution in [0.4, 0.5) is 13.6 Å². The van der Waals surface area contributed by atoms with Crippen molar-refractivity contribution in [2.45, 2.75) is 109 Å². The molecule has 0 aromatic rings. The highest BCUT2D eigenvalue weighted by atomic mass is 19.3. The second-order valence-electron chi connectivity index (χ2n) is 11.8. The monoisotopic (exact) mass is 532 g/mol. The Morgan fingerprint density at radius 1 is 1.05 bits per heavy atom. The first-order valence-corrected chi connectivity index (χ1v) is 12.9. The molecule has 0 aromatic carbocycles. The standard InChI is InChI=1S/C25H42F2N4O6/c1-23(2,3)18(30-22(36)37)21(35)31-14-25(10-7-6-8-11-25)13-16(31)19(33)29-15(9-12-24(4,26)27)17(32)20(34)28-5/h15-18,30,32H,6-14H2,1-5H3,(H,28,34)(H,29,33)(H,36,37)/t15?,16-,17?,18?/m0/s1. The van der Waals surface area contributed by atoms with Crippen molar-refractivity contribution in [2.75, 3.05) is 13.6 Å². The van der Waals surface area contributed by atoms with E-state index in [1.54, 1.807) is 20.8 Å².